The first-order valence-electron chi connectivity index (χ1n) is 8.50. The summed E-state index contributed by atoms with van der Waals surface area (Å²) in [6, 6.07) is 19.6. The molecular formula is C20H25N3. The maximum Gasteiger partial charge on any atom is 0.0958 e. The Kier molecular flexibility index (Phi) is 5.43. The molecule has 1 aromatic heterocycles. The number of aryl methyl sites for hydroxylation is 2. The summed E-state index contributed by atoms with van der Waals surface area (Å²) in [4.78, 5) is 4.44. The molecule has 1 atom stereocenters. The third-order valence-corrected chi connectivity index (χ3v) is 4.30. The summed E-state index contributed by atoms with van der Waals surface area (Å²) in [5, 5.41) is 3.63. The normalized spacial score (nSPS) is 12.6. The maximum atomic E-state index is 4.44. The average Bonchev–Trinajstić information content (AvgIpc) is 3.01. The zero-order valence-corrected chi connectivity index (χ0v) is 13.8. The zero-order chi connectivity index (χ0) is 15.9. The number of hydrogen-bond donors (Lipinski definition) is 1. The van der Waals surface area contributed by atoms with Gasteiger partial charge in [0.25, 0.3) is 0 Å². The van der Waals surface area contributed by atoms with Crippen molar-refractivity contribution in [2.45, 2.75) is 38.8 Å². The van der Waals surface area contributed by atoms with Gasteiger partial charge < -0.3 is 9.88 Å². The molecule has 1 unspecified atom stereocenters. The minimum atomic E-state index is 0.551. The molecule has 3 nitrogen and oxygen atoms in total. The van der Waals surface area contributed by atoms with Gasteiger partial charge in [-0.2, -0.15) is 0 Å². The van der Waals surface area contributed by atoms with Gasteiger partial charge in [0.05, 0.1) is 17.4 Å². The van der Waals surface area contributed by atoms with E-state index in [-0.39, 0.29) is 0 Å². The van der Waals surface area contributed by atoms with Crippen LogP contribution >= 0.6 is 0 Å². The van der Waals surface area contributed by atoms with E-state index in [9.17, 15) is 0 Å². The molecule has 1 heterocycles. The molecular weight excluding hydrogens is 282 g/mol. The van der Waals surface area contributed by atoms with E-state index in [1.165, 1.54) is 17.5 Å². The number of benzene rings is 2. The van der Waals surface area contributed by atoms with Crippen LogP contribution in [0.2, 0.25) is 0 Å². The van der Waals surface area contributed by atoms with Crippen molar-refractivity contribution in [2.75, 3.05) is 6.54 Å². The van der Waals surface area contributed by atoms with Crippen LogP contribution in [0.15, 0.2) is 60.9 Å². The number of nitrogens with zero attached hydrogens (tertiary/aromatic N) is 2. The number of fused-ring (bicyclic) bond motifs is 1. The highest BCUT2D eigenvalue weighted by Gasteiger charge is 2.03. The number of imidazole rings is 1. The van der Waals surface area contributed by atoms with Gasteiger partial charge in [-0.1, -0.05) is 42.5 Å². The van der Waals surface area contributed by atoms with Gasteiger partial charge in [-0.05, 0) is 50.4 Å². The molecule has 0 spiro atoms. The molecule has 0 bridgehead atoms. The third kappa shape index (κ3) is 4.42. The molecule has 120 valence electrons. The van der Waals surface area contributed by atoms with Crippen LogP contribution in [-0.4, -0.2) is 22.1 Å². The minimum absolute atomic E-state index is 0.551. The van der Waals surface area contributed by atoms with Crippen molar-refractivity contribution in [1.29, 1.82) is 0 Å². The van der Waals surface area contributed by atoms with Gasteiger partial charge in [0.15, 0.2) is 0 Å². The molecule has 3 aromatic rings. The molecule has 0 aliphatic rings. The molecule has 0 aliphatic carbocycles. The van der Waals surface area contributed by atoms with E-state index in [1.807, 2.05) is 12.4 Å². The first-order chi connectivity index (χ1) is 11.3. The SMILES string of the molecule is CC(CCc1ccccc1)NCCCn1cnc2ccccc21. The summed E-state index contributed by atoms with van der Waals surface area (Å²) in [5.74, 6) is 0. The Morgan fingerprint density at radius 2 is 1.83 bits per heavy atom. The largest absolute Gasteiger partial charge is 0.331 e. The van der Waals surface area contributed by atoms with Crippen LogP contribution in [0.5, 0.6) is 0 Å². The van der Waals surface area contributed by atoms with Crippen LogP contribution in [0.4, 0.5) is 0 Å². The first kappa shape index (κ1) is 15.8. The van der Waals surface area contributed by atoms with Gasteiger partial charge in [-0.15, -0.1) is 0 Å². The molecule has 23 heavy (non-hydrogen) atoms. The molecule has 0 aliphatic heterocycles. The maximum absolute atomic E-state index is 4.44. The average molecular weight is 307 g/mol. The quantitative estimate of drug-likeness (QED) is 0.637. The Bertz CT molecular complexity index is 718. The highest BCUT2D eigenvalue weighted by Crippen LogP contribution is 2.12. The van der Waals surface area contributed by atoms with Crippen LogP contribution in [0.1, 0.15) is 25.3 Å². The Morgan fingerprint density at radius 3 is 2.70 bits per heavy atom. The summed E-state index contributed by atoms with van der Waals surface area (Å²) >= 11 is 0. The number of nitrogens with one attached hydrogen (secondary N) is 1. The predicted molar refractivity (Wildman–Crippen MR) is 96.6 cm³/mol. The fourth-order valence-corrected chi connectivity index (χ4v) is 2.92. The number of para-hydroxylation sites is 2. The van der Waals surface area contributed by atoms with E-state index in [4.69, 9.17) is 0 Å². The molecule has 1 N–H and O–H groups in total. The first-order valence-corrected chi connectivity index (χ1v) is 8.50. The third-order valence-electron chi connectivity index (χ3n) is 4.30. The molecule has 0 amide bonds. The Balaban J connectivity index is 1.38. The van der Waals surface area contributed by atoms with Gasteiger partial charge >= 0.3 is 0 Å². The van der Waals surface area contributed by atoms with Crippen molar-refractivity contribution in [1.82, 2.24) is 14.9 Å². The number of rotatable bonds is 8. The van der Waals surface area contributed by atoms with Gasteiger partial charge in [0, 0.05) is 12.6 Å². The second-order valence-corrected chi connectivity index (χ2v) is 6.16. The summed E-state index contributed by atoms with van der Waals surface area (Å²) in [6.45, 7) is 4.33. The van der Waals surface area contributed by atoms with Crippen LogP contribution < -0.4 is 5.32 Å². The Morgan fingerprint density at radius 1 is 1.04 bits per heavy atom. The fraction of sp³-hybridized carbons (Fsp3) is 0.350. The Hall–Kier alpha value is -2.13. The lowest BCUT2D eigenvalue weighted by Gasteiger charge is -2.14. The predicted octanol–water partition coefficient (Wildman–Crippen LogP) is 4.04. The molecule has 0 radical (unpaired) electrons. The summed E-state index contributed by atoms with van der Waals surface area (Å²) in [5.41, 5.74) is 3.73. The van der Waals surface area contributed by atoms with Crippen molar-refractivity contribution >= 4 is 11.0 Å². The van der Waals surface area contributed by atoms with E-state index in [0.29, 0.717) is 6.04 Å². The van der Waals surface area contributed by atoms with Crippen molar-refractivity contribution in [3.63, 3.8) is 0 Å². The van der Waals surface area contributed by atoms with Gasteiger partial charge in [-0.25, -0.2) is 4.98 Å². The minimum Gasteiger partial charge on any atom is -0.331 e. The molecule has 0 saturated heterocycles. The molecule has 0 saturated carbocycles. The second kappa shape index (κ2) is 7.93. The van der Waals surface area contributed by atoms with Gasteiger partial charge in [0.1, 0.15) is 0 Å². The topological polar surface area (TPSA) is 29.9 Å². The zero-order valence-electron chi connectivity index (χ0n) is 13.8. The smallest absolute Gasteiger partial charge is 0.0958 e. The highest BCUT2D eigenvalue weighted by molar-refractivity contribution is 5.74. The summed E-state index contributed by atoms with van der Waals surface area (Å²) in [6.07, 6.45) is 5.39. The van der Waals surface area contributed by atoms with Crippen molar-refractivity contribution in [3.8, 4) is 0 Å². The second-order valence-electron chi connectivity index (χ2n) is 6.16. The van der Waals surface area contributed by atoms with Crippen molar-refractivity contribution < 1.29 is 0 Å². The molecule has 0 fully saturated rings. The lowest BCUT2D eigenvalue weighted by Crippen LogP contribution is -2.28. The lowest BCUT2D eigenvalue weighted by atomic mass is 10.1. The van der Waals surface area contributed by atoms with Crippen molar-refractivity contribution in [2.24, 2.45) is 0 Å². The summed E-state index contributed by atoms with van der Waals surface area (Å²) < 4.78 is 2.24. The number of hydrogen-bond acceptors (Lipinski definition) is 2. The van der Waals surface area contributed by atoms with Gasteiger partial charge in [0.2, 0.25) is 0 Å². The van der Waals surface area contributed by atoms with Crippen LogP contribution in [0, 0.1) is 0 Å². The standard InChI is InChI=1S/C20H25N3/c1-17(12-13-18-8-3-2-4-9-18)21-14-7-15-23-16-22-19-10-5-6-11-20(19)23/h2-6,8-11,16-17,21H,7,12-15H2,1H3. The van der Waals surface area contributed by atoms with Crippen molar-refractivity contribution in [3.05, 3.63) is 66.5 Å². The lowest BCUT2D eigenvalue weighted by molar-refractivity contribution is 0.491. The van der Waals surface area contributed by atoms with Crippen LogP contribution in [0.3, 0.4) is 0 Å². The van der Waals surface area contributed by atoms with E-state index in [1.54, 1.807) is 0 Å². The van der Waals surface area contributed by atoms with E-state index in [2.05, 4.69) is 70.3 Å². The van der Waals surface area contributed by atoms with Crippen LogP contribution in [0.25, 0.3) is 11.0 Å². The monoisotopic (exact) mass is 307 g/mol. The highest BCUT2D eigenvalue weighted by atomic mass is 15.0. The molecule has 2 aromatic carbocycles. The van der Waals surface area contributed by atoms with E-state index < -0.39 is 0 Å². The number of aromatic nitrogens is 2. The summed E-state index contributed by atoms with van der Waals surface area (Å²) in [7, 11) is 0. The van der Waals surface area contributed by atoms with E-state index >= 15 is 0 Å². The van der Waals surface area contributed by atoms with E-state index in [0.717, 1.165) is 31.4 Å². The Labute approximate surface area is 138 Å². The molecule has 3 rings (SSSR count). The van der Waals surface area contributed by atoms with Gasteiger partial charge in [-0.3, -0.25) is 0 Å². The molecule has 3 heteroatoms. The van der Waals surface area contributed by atoms with Crippen LogP contribution in [-0.2, 0) is 13.0 Å². The fourth-order valence-electron chi connectivity index (χ4n) is 2.92.